The zero-order valence-electron chi connectivity index (χ0n) is 15.5. The van der Waals surface area contributed by atoms with Crippen LogP contribution in [0.3, 0.4) is 0 Å². The Morgan fingerprint density at radius 3 is 1.92 bits per heavy atom. The number of hydrogen-bond acceptors (Lipinski definition) is 5. The van der Waals surface area contributed by atoms with Gasteiger partial charge in [-0.25, -0.2) is 8.42 Å². The number of carbonyl (C=O) groups is 1. The molecule has 1 amide bonds. The first-order valence-corrected chi connectivity index (χ1v) is 10.9. The van der Waals surface area contributed by atoms with Gasteiger partial charge in [0.1, 0.15) is 4.91 Å². The normalized spacial score (nSPS) is 17.8. The number of nitrogens with zero attached hydrogens (tertiary/aromatic N) is 2. The SMILES string of the molecule is CC(C)C=C(C(=O)NN(C)C(=S)C1CC1)S(=O)(=O)NN(C)C(=S)C1CC1. The first-order valence-electron chi connectivity index (χ1n) is 8.63. The molecule has 2 N–H and O–H groups in total. The lowest BCUT2D eigenvalue weighted by molar-refractivity contribution is -0.119. The van der Waals surface area contributed by atoms with Gasteiger partial charge in [0.15, 0.2) is 0 Å². The topological polar surface area (TPSA) is 81.8 Å². The number of carbonyl (C=O) groups excluding carboxylic acids is 1. The van der Waals surface area contributed by atoms with Crippen LogP contribution in [0.2, 0.25) is 0 Å². The molecule has 26 heavy (non-hydrogen) atoms. The van der Waals surface area contributed by atoms with Gasteiger partial charge >= 0.3 is 0 Å². The van der Waals surface area contributed by atoms with Crippen molar-refractivity contribution in [1.29, 1.82) is 0 Å². The van der Waals surface area contributed by atoms with Crippen molar-refractivity contribution < 1.29 is 13.2 Å². The largest absolute Gasteiger partial charge is 0.291 e. The molecule has 0 radical (unpaired) electrons. The van der Waals surface area contributed by atoms with Crippen molar-refractivity contribution in [2.45, 2.75) is 39.5 Å². The van der Waals surface area contributed by atoms with Gasteiger partial charge in [0.25, 0.3) is 15.9 Å². The average Bonchev–Trinajstić information content (AvgIpc) is 3.41. The van der Waals surface area contributed by atoms with Crippen molar-refractivity contribution in [2.75, 3.05) is 14.1 Å². The molecule has 2 rings (SSSR count). The van der Waals surface area contributed by atoms with E-state index in [1.54, 1.807) is 27.9 Å². The molecule has 7 nitrogen and oxygen atoms in total. The Morgan fingerprint density at radius 1 is 1.04 bits per heavy atom. The quantitative estimate of drug-likeness (QED) is 0.370. The summed E-state index contributed by atoms with van der Waals surface area (Å²) in [6.45, 7) is 3.61. The Labute approximate surface area is 166 Å². The summed E-state index contributed by atoms with van der Waals surface area (Å²) in [5.74, 6) is -0.341. The molecule has 0 aliphatic heterocycles. The molecule has 0 heterocycles. The van der Waals surface area contributed by atoms with E-state index in [0.29, 0.717) is 9.98 Å². The lowest BCUT2D eigenvalue weighted by Crippen LogP contribution is -2.49. The maximum atomic E-state index is 12.8. The number of allylic oxidation sites excluding steroid dienone is 1. The van der Waals surface area contributed by atoms with Gasteiger partial charge in [0.2, 0.25) is 0 Å². The van der Waals surface area contributed by atoms with Gasteiger partial charge in [-0.15, -0.1) is 4.83 Å². The van der Waals surface area contributed by atoms with E-state index >= 15 is 0 Å². The average molecular weight is 419 g/mol. The van der Waals surface area contributed by atoms with Gasteiger partial charge in [-0.2, -0.15) is 0 Å². The maximum absolute atomic E-state index is 12.8. The minimum atomic E-state index is -4.08. The van der Waals surface area contributed by atoms with Crippen LogP contribution in [0.25, 0.3) is 0 Å². The van der Waals surface area contributed by atoms with E-state index < -0.39 is 15.9 Å². The number of nitrogens with one attached hydrogen (secondary N) is 2. The third-order valence-corrected chi connectivity index (χ3v) is 6.67. The lowest BCUT2D eigenvalue weighted by Gasteiger charge is -2.24. The summed E-state index contributed by atoms with van der Waals surface area (Å²) in [6.07, 6.45) is 5.33. The van der Waals surface area contributed by atoms with E-state index in [-0.39, 0.29) is 22.7 Å². The molecule has 0 aromatic heterocycles. The summed E-state index contributed by atoms with van der Waals surface area (Å²) in [5.41, 5.74) is 2.56. The minimum absolute atomic E-state index is 0.131. The van der Waals surface area contributed by atoms with Gasteiger partial charge in [0, 0.05) is 25.9 Å². The van der Waals surface area contributed by atoms with Crippen molar-refractivity contribution in [1.82, 2.24) is 20.3 Å². The van der Waals surface area contributed by atoms with Crippen LogP contribution in [0.1, 0.15) is 39.5 Å². The number of hydrazine groups is 2. The van der Waals surface area contributed by atoms with E-state index in [4.69, 9.17) is 24.4 Å². The molecule has 0 unspecified atom stereocenters. The molecule has 146 valence electrons. The van der Waals surface area contributed by atoms with Gasteiger partial charge in [0.05, 0.1) is 9.98 Å². The minimum Gasteiger partial charge on any atom is -0.291 e. The molecule has 2 saturated carbocycles. The third kappa shape index (κ3) is 5.70. The van der Waals surface area contributed by atoms with E-state index in [1.807, 2.05) is 0 Å². The lowest BCUT2D eigenvalue weighted by atomic mass is 10.2. The van der Waals surface area contributed by atoms with Crippen LogP contribution < -0.4 is 10.3 Å². The Morgan fingerprint density at radius 2 is 1.50 bits per heavy atom. The van der Waals surface area contributed by atoms with Gasteiger partial charge in [-0.1, -0.05) is 44.4 Å². The number of hydrogen-bond donors (Lipinski definition) is 2. The summed E-state index contributed by atoms with van der Waals surface area (Å²) in [5, 5.41) is 2.74. The highest BCUT2D eigenvalue weighted by atomic mass is 32.2. The van der Waals surface area contributed by atoms with Crippen molar-refractivity contribution in [3.8, 4) is 0 Å². The van der Waals surface area contributed by atoms with Crippen molar-refractivity contribution >= 4 is 50.3 Å². The van der Waals surface area contributed by atoms with Gasteiger partial charge in [-0.3, -0.25) is 20.2 Å². The Balaban J connectivity index is 2.12. The molecule has 0 saturated heterocycles. The van der Waals surface area contributed by atoms with E-state index in [9.17, 15) is 13.2 Å². The smallest absolute Gasteiger partial charge is 0.282 e. The molecular formula is C16H26N4O3S3. The number of rotatable bonds is 7. The van der Waals surface area contributed by atoms with Crippen LogP contribution >= 0.6 is 24.4 Å². The highest BCUT2D eigenvalue weighted by molar-refractivity contribution is 7.94. The molecular weight excluding hydrogens is 392 g/mol. The molecule has 10 heteroatoms. The van der Waals surface area contributed by atoms with Crippen LogP contribution in [0.5, 0.6) is 0 Å². The summed E-state index contributed by atoms with van der Waals surface area (Å²) < 4.78 is 25.5. The first kappa shape index (κ1) is 21.2. The first-order chi connectivity index (χ1) is 12.0. The fourth-order valence-electron chi connectivity index (χ4n) is 2.34. The standard InChI is InChI=1S/C16H26N4O3S3/c1-10(2)9-13(14(21)17-19(3)15(24)11-5-6-11)26(22,23)18-20(4)16(25)12-7-8-12/h9-12,18H,5-8H2,1-4H3,(H,17,21). The fraction of sp³-hybridized carbons (Fsp3) is 0.688. The zero-order chi connectivity index (χ0) is 19.6. The number of sulfonamides is 1. The summed E-state index contributed by atoms with van der Waals surface area (Å²) in [4.78, 5) is 15.8. The molecule has 0 aromatic rings. The van der Waals surface area contributed by atoms with Gasteiger partial charge < -0.3 is 0 Å². The Bertz CT molecular complexity index is 725. The molecule has 2 aliphatic carbocycles. The maximum Gasteiger partial charge on any atom is 0.282 e. The Kier molecular flexibility index (Phi) is 6.75. The molecule has 0 atom stereocenters. The second kappa shape index (κ2) is 8.28. The summed E-state index contributed by atoms with van der Waals surface area (Å²) in [7, 11) is -0.897. The third-order valence-electron chi connectivity index (χ3n) is 4.04. The number of thiocarbonyl (C=S) groups is 2. The second-order valence-corrected chi connectivity index (χ2v) is 9.62. The monoisotopic (exact) mass is 418 g/mol. The predicted molar refractivity (Wildman–Crippen MR) is 109 cm³/mol. The highest BCUT2D eigenvalue weighted by Gasteiger charge is 2.34. The van der Waals surface area contributed by atoms with E-state index in [0.717, 1.165) is 25.7 Å². The zero-order valence-corrected chi connectivity index (χ0v) is 17.9. The highest BCUT2D eigenvalue weighted by Crippen LogP contribution is 2.32. The fourth-order valence-corrected chi connectivity index (χ4v) is 4.25. The molecule has 0 aromatic carbocycles. The van der Waals surface area contributed by atoms with Crippen LogP contribution in [-0.4, -0.2) is 48.4 Å². The van der Waals surface area contributed by atoms with Crippen molar-refractivity contribution in [3.05, 3.63) is 11.0 Å². The molecule has 0 bridgehead atoms. The van der Waals surface area contributed by atoms with Gasteiger partial charge in [-0.05, 0) is 31.6 Å². The Hall–Kier alpha value is -1.10. The molecule has 2 fully saturated rings. The van der Waals surface area contributed by atoms with Crippen molar-refractivity contribution in [3.63, 3.8) is 0 Å². The van der Waals surface area contributed by atoms with E-state index in [2.05, 4.69) is 10.3 Å². The predicted octanol–water partition coefficient (Wildman–Crippen LogP) is 1.73. The number of amides is 1. The van der Waals surface area contributed by atoms with Crippen LogP contribution in [0.4, 0.5) is 0 Å². The van der Waals surface area contributed by atoms with Crippen molar-refractivity contribution in [2.24, 2.45) is 17.8 Å². The summed E-state index contributed by atoms with van der Waals surface area (Å²) in [6, 6.07) is 0. The second-order valence-electron chi connectivity index (χ2n) is 7.15. The molecule has 2 aliphatic rings. The van der Waals surface area contributed by atoms with E-state index in [1.165, 1.54) is 16.1 Å². The molecule has 0 spiro atoms. The van der Waals surface area contributed by atoms with Crippen LogP contribution in [-0.2, 0) is 14.8 Å². The summed E-state index contributed by atoms with van der Waals surface area (Å²) >= 11 is 10.6. The van der Waals surface area contributed by atoms with Crippen LogP contribution in [0.15, 0.2) is 11.0 Å². The van der Waals surface area contributed by atoms with Crippen LogP contribution in [0, 0.1) is 17.8 Å².